The van der Waals surface area contributed by atoms with Crippen molar-refractivity contribution >= 4 is 18.3 Å². The van der Waals surface area contributed by atoms with E-state index in [-0.39, 0.29) is 18.1 Å². The Morgan fingerprint density at radius 3 is 2.04 bits per heavy atom. The van der Waals surface area contributed by atoms with E-state index in [9.17, 15) is 17.2 Å². The molecule has 4 nitrogen and oxygen atoms in total. The Labute approximate surface area is 140 Å². The average molecular weight is 372 g/mol. The van der Waals surface area contributed by atoms with E-state index in [1.807, 2.05) is 26.9 Å². The van der Waals surface area contributed by atoms with Crippen molar-refractivity contribution in [1.29, 1.82) is 0 Å². The number of nitrogens with two attached hydrogens (primary N) is 1. The molecule has 138 valence electrons. The molecule has 0 heterocycles. The fraction of sp³-hybridized carbons (Fsp3) is 1.00. The van der Waals surface area contributed by atoms with Crippen LogP contribution in [0.5, 0.6) is 0 Å². The summed E-state index contributed by atoms with van der Waals surface area (Å²) >= 11 is 0. The van der Waals surface area contributed by atoms with Crippen LogP contribution in [0.2, 0.25) is 18.6 Å². The molecule has 2 N–H and O–H groups in total. The molecule has 0 aromatic carbocycles. The van der Waals surface area contributed by atoms with Gasteiger partial charge in [0.1, 0.15) is 0 Å². The van der Waals surface area contributed by atoms with Crippen molar-refractivity contribution in [2.45, 2.75) is 89.3 Å². The molecule has 1 atom stereocenters. The predicted molar refractivity (Wildman–Crippen MR) is 91.5 cm³/mol. The minimum Gasteiger partial charge on any atom is -0.415 e. The van der Waals surface area contributed by atoms with Crippen molar-refractivity contribution in [3.8, 4) is 0 Å². The van der Waals surface area contributed by atoms with E-state index >= 15 is 0 Å². The SMILES string of the molecule is CC(C)O[Si](C)(C)C(CCC(C)(C)S(N)(=O)=O)C1(C(F)F)CC1. The summed E-state index contributed by atoms with van der Waals surface area (Å²) in [5.41, 5.74) is -1.28. The second-order valence-corrected chi connectivity index (χ2v) is 14.5. The highest BCUT2D eigenvalue weighted by Crippen LogP contribution is 2.64. The van der Waals surface area contributed by atoms with Crippen LogP contribution in [0, 0.1) is 5.41 Å². The first-order chi connectivity index (χ1) is 10.2. The zero-order valence-electron chi connectivity index (χ0n) is 15.0. The maximum atomic E-state index is 13.7. The molecule has 1 rings (SSSR count). The normalized spacial score (nSPS) is 20.1. The maximum Gasteiger partial charge on any atom is 0.244 e. The smallest absolute Gasteiger partial charge is 0.244 e. The lowest BCUT2D eigenvalue weighted by Gasteiger charge is -2.40. The molecule has 0 aliphatic heterocycles. The Morgan fingerprint density at radius 1 is 1.26 bits per heavy atom. The molecule has 1 aliphatic carbocycles. The Morgan fingerprint density at radius 2 is 1.74 bits per heavy atom. The summed E-state index contributed by atoms with van der Waals surface area (Å²) in [4.78, 5) is 0. The molecule has 8 heteroatoms. The number of hydrogen-bond acceptors (Lipinski definition) is 3. The minimum atomic E-state index is -3.72. The van der Waals surface area contributed by atoms with E-state index < -0.39 is 34.9 Å². The molecule has 1 aliphatic rings. The molecular weight excluding hydrogens is 340 g/mol. The number of rotatable bonds is 9. The standard InChI is InChI=1S/C15H31F2NO3SSi/c1-11(2)21-23(5,6)12(15(9-10-15)13(16)17)7-8-14(3,4)22(18,19)20/h11-13H,7-10H2,1-6H3,(H2,18,19,20). The Kier molecular flexibility index (Phi) is 6.10. The zero-order valence-corrected chi connectivity index (χ0v) is 16.8. The summed E-state index contributed by atoms with van der Waals surface area (Å²) in [6, 6.07) is 0. The first-order valence-electron chi connectivity index (χ1n) is 8.14. The van der Waals surface area contributed by atoms with Crippen LogP contribution in [-0.2, 0) is 14.4 Å². The summed E-state index contributed by atoms with van der Waals surface area (Å²) in [7, 11) is -6.13. The van der Waals surface area contributed by atoms with E-state index in [1.165, 1.54) is 0 Å². The van der Waals surface area contributed by atoms with E-state index in [1.54, 1.807) is 13.8 Å². The Bertz CT molecular complexity index is 517. The van der Waals surface area contributed by atoms with E-state index in [4.69, 9.17) is 9.56 Å². The van der Waals surface area contributed by atoms with Crippen LogP contribution in [-0.4, -0.2) is 34.0 Å². The molecule has 23 heavy (non-hydrogen) atoms. The largest absolute Gasteiger partial charge is 0.415 e. The number of halogens is 2. The second kappa shape index (κ2) is 6.69. The lowest BCUT2D eigenvalue weighted by atomic mass is 9.95. The van der Waals surface area contributed by atoms with Crippen LogP contribution in [0.15, 0.2) is 0 Å². The molecule has 1 saturated carbocycles. The van der Waals surface area contributed by atoms with Gasteiger partial charge in [0, 0.05) is 11.5 Å². The molecule has 0 saturated heterocycles. The monoisotopic (exact) mass is 371 g/mol. The first-order valence-corrected chi connectivity index (χ1v) is 12.7. The van der Waals surface area contributed by atoms with E-state index in [0.29, 0.717) is 19.3 Å². The molecule has 0 radical (unpaired) electrons. The first kappa shape index (κ1) is 21.0. The molecular formula is C15H31F2NO3SSi. The fourth-order valence-corrected chi connectivity index (χ4v) is 7.93. The van der Waals surface area contributed by atoms with Gasteiger partial charge >= 0.3 is 0 Å². The summed E-state index contributed by atoms with van der Waals surface area (Å²) < 4.78 is 55.7. The van der Waals surface area contributed by atoms with Crippen molar-refractivity contribution in [3.05, 3.63) is 0 Å². The molecule has 1 unspecified atom stereocenters. The topological polar surface area (TPSA) is 69.4 Å². The maximum absolute atomic E-state index is 13.7. The number of hydrogen-bond donors (Lipinski definition) is 1. The third-order valence-electron chi connectivity index (χ3n) is 5.14. The lowest BCUT2D eigenvalue weighted by molar-refractivity contribution is 0.0474. The van der Waals surface area contributed by atoms with E-state index in [0.717, 1.165) is 0 Å². The van der Waals surface area contributed by atoms with Gasteiger partial charge in [0.15, 0.2) is 8.32 Å². The summed E-state index contributed by atoms with van der Waals surface area (Å²) in [6.45, 7) is 10.8. The van der Waals surface area contributed by atoms with Gasteiger partial charge in [-0.2, -0.15) is 0 Å². The van der Waals surface area contributed by atoms with Gasteiger partial charge in [-0.1, -0.05) is 0 Å². The van der Waals surface area contributed by atoms with Gasteiger partial charge in [-0.3, -0.25) is 0 Å². The molecule has 0 amide bonds. The van der Waals surface area contributed by atoms with Crippen LogP contribution in [0.3, 0.4) is 0 Å². The number of primary sulfonamides is 1. The van der Waals surface area contributed by atoms with Gasteiger partial charge in [-0.15, -0.1) is 0 Å². The number of sulfonamides is 1. The van der Waals surface area contributed by atoms with Crippen LogP contribution in [0.25, 0.3) is 0 Å². The Balaban J connectivity index is 3.03. The number of alkyl halides is 2. The summed E-state index contributed by atoms with van der Waals surface area (Å²) in [6.07, 6.45) is -0.777. The van der Waals surface area contributed by atoms with Crippen LogP contribution in [0.1, 0.15) is 53.4 Å². The molecule has 0 spiro atoms. The van der Waals surface area contributed by atoms with Crippen molar-refractivity contribution in [3.63, 3.8) is 0 Å². The van der Waals surface area contributed by atoms with Gasteiger partial charge in [0.25, 0.3) is 0 Å². The fourth-order valence-electron chi connectivity index (χ4n) is 3.51. The summed E-state index contributed by atoms with van der Waals surface area (Å²) in [5.74, 6) is 0. The lowest BCUT2D eigenvalue weighted by Crippen LogP contribution is -2.46. The van der Waals surface area contributed by atoms with Crippen LogP contribution in [0.4, 0.5) is 8.78 Å². The second-order valence-electron chi connectivity index (χ2n) is 8.20. The minimum absolute atomic E-state index is 0.0288. The van der Waals surface area contributed by atoms with Gasteiger partial charge in [-0.25, -0.2) is 22.3 Å². The van der Waals surface area contributed by atoms with Gasteiger partial charge in [-0.05, 0) is 72.0 Å². The van der Waals surface area contributed by atoms with Gasteiger partial charge in [0.05, 0.1) is 4.75 Å². The quantitative estimate of drug-likeness (QED) is 0.625. The molecule has 0 bridgehead atoms. The van der Waals surface area contributed by atoms with Gasteiger partial charge in [0.2, 0.25) is 16.4 Å². The van der Waals surface area contributed by atoms with Crippen molar-refractivity contribution in [2.24, 2.45) is 10.6 Å². The molecule has 0 aromatic heterocycles. The van der Waals surface area contributed by atoms with E-state index in [2.05, 4.69) is 0 Å². The van der Waals surface area contributed by atoms with Crippen LogP contribution < -0.4 is 5.14 Å². The zero-order chi connectivity index (χ0) is 18.3. The molecule has 1 fully saturated rings. The van der Waals surface area contributed by atoms with Gasteiger partial charge < -0.3 is 4.43 Å². The third kappa shape index (κ3) is 4.73. The average Bonchev–Trinajstić information content (AvgIpc) is 3.06. The third-order valence-corrected chi connectivity index (χ3v) is 10.5. The van der Waals surface area contributed by atoms with Crippen LogP contribution >= 0.6 is 0 Å². The van der Waals surface area contributed by atoms with Crippen molar-refractivity contribution in [2.75, 3.05) is 0 Å². The molecule has 0 aromatic rings. The van der Waals surface area contributed by atoms with Crippen molar-refractivity contribution < 1.29 is 21.6 Å². The highest BCUT2D eigenvalue weighted by Gasteiger charge is 2.61. The predicted octanol–water partition coefficient (Wildman–Crippen LogP) is 3.88. The highest BCUT2D eigenvalue weighted by atomic mass is 32.2. The summed E-state index contributed by atoms with van der Waals surface area (Å²) in [5, 5.41) is 5.28. The highest BCUT2D eigenvalue weighted by molar-refractivity contribution is 7.90. The Hall–Kier alpha value is -0.0531. The van der Waals surface area contributed by atoms with Crippen molar-refractivity contribution in [1.82, 2.24) is 0 Å².